The van der Waals surface area contributed by atoms with E-state index in [0.29, 0.717) is 54.8 Å². The maximum atomic E-state index is 13.9. The number of ether oxygens (including phenoxy) is 2. The van der Waals surface area contributed by atoms with Crippen LogP contribution in [-0.4, -0.2) is 58.5 Å². The number of hydrogen-bond donors (Lipinski definition) is 1. The normalized spacial score (nSPS) is 46.1. The van der Waals surface area contributed by atoms with Gasteiger partial charge in [0.1, 0.15) is 17.5 Å². The highest BCUT2D eigenvalue weighted by atomic mass is 16.5. The standard InChI is InChI=1S/C45H58O9/c1-24-18-26-19-28(46)7-9-30(26)39-25(2)21-43(4)33(40(24)39)10-11-36(43)54-38(51)13-12-37(50)53-23-35(49)45(52)17-15-32-31-8-6-27-20-29(47)14-16-42(27,3)41(31)34(48)22-44(32,45)5/h14,16,19-20,24-25,30-33,36,39-41,52H,6-13,15,17-18,21-23H2,1-5H3/t24-,25+,30?,31?,32?,33?,36+,39?,40?,41?,42+,43+,44+,45+/m1/s1. The van der Waals surface area contributed by atoms with Crippen LogP contribution in [-0.2, 0) is 38.2 Å². The van der Waals surface area contributed by atoms with Crippen molar-refractivity contribution in [2.24, 2.45) is 69.5 Å². The summed E-state index contributed by atoms with van der Waals surface area (Å²) in [6.45, 7) is 10.2. The molecule has 7 unspecified atom stereocenters. The molecule has 0 aromatic carbocycles. The molecule has 9 heteroatoms. The van der Waals surface area contributed by atoms with Crippen LogP contribution in [0.2, 0.25) is 0 Å². The number of fused-ring (bicyclic) bond motifs is 10. The summed E-state index contributed by atoms with van der Waals surface area (Å²) in [6.07, 6.45) is 14.0. The Kier molecular flexibility index (Phi) is 9.22. The zero-order valence-corrected chi connectivity index (χ0v) is 32.7. The van der Waals surface area contributed by atoms with Crippen LogP contribution in [0.15, 0.2) is 35.5 Å². The molecule has 8 aliphatic carbocycles. The minimum Gasteiger partial charge on any atom is -0.462 e. The second-order valence-electron chi connectivity index (χ2n) is 19.5. The lowest BCUT2D eigenvalue weighted by Gasteiger charge is -2.58. The van der Waals surface area contributed by atoms with E-state index in [4.69, 9.17) is 9.47 Å². The van der Waals surface area contributed by atoms with Gasteiger partial charge in [-0.15, -0.1) is 0 Å². The van der Waals surface area contributed by atoms with Gasteiger partial charge in [0.15, 0.2) is 18.2 Å². The summed E-state index contributed by atoms with van der Waals surface area (Å²) in [4.78, 5) is 78.0. The van der Waals surface area contributed by atoms with Crippen molar-refractivity contribution in [1.29, 1.82) is 0 Å². The number of aliphatic hydroxyl groups is 1. The lowest BCUT2D eigenvalue weighted by Crippen LogP contribution is -2.60. The number of ketones is 4. The summed E-state index contributed by atoms with van der Waals surface area (Å²) < 4.78 is 11.5. The average molecular weight is 743 g/mol. The number of carbonyl (C=O) groups is 6. The van der Waals surface area contributed by atoms with Crippen LogP contribution in [0, 0.1) is 69.5 Å². The zero-order chi connectivity index (χ0) is 38.5. The average Bonchev–Trinajstić information content (AvgIpc) is 3.57. The number of carbonyl (C=O) groups excluding carboxylic acids is 6. The maximum Gasteiger partial charge on any atom is 0.306 e. The van der Waals surface area contributed by atoms with Gasteiger partial charge < -0.3 is 14.6 Å². The molecule has 0 saturated heterocycles. The molecule has 8 aliphatic rings. The van der Waals surface area contributed by atoms with Crippen LogP contribution < -0.4 is 0 Å². The summed E-state index contributed by atoms with van der Waals surface area (Å²) in [7, 11) is 0. The third-order valence-electron chi connectivity index (χ3n) is 16.9. The third kappa shape index (κ3) is 5.62. The molecule has 0 spiro atoms. The van der Waals surface area contributed by atoms with E-state index in [9.17, 15) is 33.9 Å². The van der Waals surface area contributed by atoms with Gasteiger partial charge in [-0.05, 0) is 123 Å². The van der Waals surface area contributed by atoms with Crippen molar-refractivity contribution >= 4 is 35.1 Å². The molecule has 1 N–H and O–H groups in total. The Bertz CT molecular complexity index is 1770. The number of allylic oxidation sites excluding steroid dienone is 5. The van der Waals surface area contributed by atoms with E-state index in [1.54, 1.807) is 12.2 Å². The molecule has 14 atom stereocenters. The van der Waals surface area contributed by atoms with Crippen LogP contribution in [0.1, 0.15) is 118 Å². The number of esters is 2. The second kappa shape index (κ2) is 13.2. The van der Waals surface area contributed by atoms with Crippen molar-refractivity contribution in [2.45, 2.75) is 130 Å². The second-order valence-corrected chi connectivity index (χ2v) is 19.5. The fraction of sp³-hybridized carbons (Fsp3) is 0.733. The molecule has 8 rings (SSSR count). The molecule has 54 heavy (non-hydrogen) atoms. The molecule has 9 nitrogen and oxygen atoms in total. The molecule has 6 fully saturated rings. The van der Waals surface area contributed by atoms with Gasteiger partial charge in [-0.2, -0.15) is 0 Å². The van der Waals surface area contributed by atoms with Gasteiger partial charge in [0, 0.05) is 35.0 Å². The summed E-state index contributed by atoms with van der Waals surface area (Å²) >= 11 is 0. The van der Waals surface area contributed by atoms with Crippen molar-refractivity contribution < 1.29 is 43.3 Å². The van der Waals surface area contributed by atoms with Gasteiger partial charge in [0.25, 0.3) is 0 Å². The van der Waals surface area contributed by atoms with E-state index in [1.165, 1.54) is 5.57 Å². The Balaban J connectivity index is 0.852. The number of rotatable bonds is 7. The van der Waals surface area contributed by atoms with Gasteiger partial charge >= 0.3 is 11.9 Å². The Hall–Kier alpha value is -3.20. The highest BCUT2D eigenvalue weighted by Gasteiger charge is 2.68. The predicted octanol–water partition coefficient (Wildman–Crippen LogP) is 6.64. The van der Waals surface area contributed by atoms with Crippen molar-refractivity contribution in [2.75, 3.05) is 6.61 Å². The lowest BCUT2D eigenvalue weighted by atomic mass is 9.46. The van der Waals surface area contributed by atoms with Crippen molar-refractivity contribution in [3.63, 3.8) is 0 Å². The summed E-state index contributed by atoms with van der Waals surface area (Å²) in [5, 5.41) is 12.0. The van der Waals surface area contributed by atoms with Gasteiger partial charge in [0.05, 0.1) is 12.8 Å². The van der Waals surface area contributed by atoms with E-state index < -0.39 is 40.8 Å². The van der Waals surface area contributed by atoms with Crippen LogP contribution in [0.5, 0.6) is 0 Å². The summed E-state index contributed by atoms with van der Waals surface area (Å²) in [5.74, 6) is 0.997. The molecule has 0 aliphatic heterocycles. The molecule has 0 aromatic rings. The van der Waals surface area contributed by atoms with Crippen LogP contribution >= 0.6 is 0 Å². The van der Waals surface area contributed by atoms with Crippen molar-refractivity contribution in [3.8, 4) is 0 Å². The molecular weight excluding hydrogens is 684 g/mol. The monoisotopic (exact) mass is 742 g/mol. The van der Waals surface area contributed by atoms with E-state index in [1.807, 2.05) is 26.0 Å². The minimum absolute atomic E-state index is 0.000818. The molecule has 0 aromatic heterocycles. The topological polar surface area (TPSA) is 141 Å². The zero-order valence-electron chi connectivity index (χ0n) is 32.7. The first-order valence-electron chi connectivity index (χ1n) is 20.8. The van der Waals surface area contributed by atoms with Gasteiger partial charge in [-0.1, -0.05) is 51.8 Å². The highest BCUT2D eigenvalue weighted by Crippen LogP contribution is 2.67. The first kappa shape index (κ1) is 37.7. The molecule has 6 saturated carbocycles. The minimum atomic E-state index is -1.81. The first-order chi connectivity index (χ1) is 25.5. The summed E-state index contributed by atoms with van der Waals surface area (Å²) in [6, 6.07) is 0. The fourth-order valence-corrected chi connectivity index (χ4v) is 14.5. The Morgan fingerprint density at radius 1 is 0.870 bits per heavy atom. The number of Topliss-reactive ketones (excluding diaryl/α,β-unsaturated/α-hetero) is 2. The van der Waals surface area contributed by atoms with Gasteiger partial charge in [-0.3, -0.25) is 28.8 Å². The van der Waals surface area contributed by atoms with Crippen molar-refractivity contribution in [3.05, 3.63) is 35.5 Å². The van der Waals surface area contributed by atoms with Crippen molar-refractivity contribution in [1.82, 2.24) is 0 Å². The van der Waals surface area contributed by atoms with E-state index in [-0.39, 0.29) is 72.3 Å². The van der Waals surface area contributed by atoms with Crippen LogP contribution in [0.3, 0.4) is 0 Å². The highest BCUT2D eigenvalue weighted by molar-refractivity contribution is 6.02. The molecule has 0 radical (unpaired) electrons. The van der Waals surface area contributed by atoms with Gasteiger partial charge in [-0.25, -0.2) is 0 Å². The molecule has 0 bridgehead atoms. The molecule has 292 valence electrons. The van der Waals surface area contributed by atoms with E-state index in [2.05, 4.69) is 20.8 Å². The largest absolute Gasteiger partial charge is 0.462 e. The van der Waals surface area contributed by atoms with Crippen LogP contribution in [0.4, 0.5) is 0 Å². The fourth-order valence-electron chi connectivity index (χ4n) is 14.5. The lowest BCUT2D eigenvalue weighted by molar-refractivity contribution is -0.173. The SMILES string of the molecule is C[C@@H]1CC2=CC(=O)CCC2C2C1C1CC[C@H](OC(=O)CCC(=O)OCC(=O)[C@@]3(O)CCC4C5CCC6=CC(=O)C=C[C@]6(C)C5C(=O)C[C@@]43C)[C@@]1(C)C[C@@H]2C. The van der Waals surface area contributed by atoms with Crippen LogP contribution in [0.25, 0.3) is 0 Å². The molecule has 0 amide bonds. The Labute approximate surface area is 319 Å². The quantitative estimate of drug-likeness (QED) is 0.284. The van der Waals surface area contributed by atoms with E-state index in [0.717, 1.165) is 44.1 Å². The molecular formula is C45H58O9. The first-order valence-corrected chi connectivity index (χ1v) is 20.8. The summed E-state index contributed by atoms with van der Waals surface area (Å²) in [5.41, 5.74) is -1.14. The van der Waals surface area contributed by atoms with Gasteiger partial charge in [0.2, 0.25) is 5.78 Å². The Morgan fingerprint density at radius 2 is 1.63 bits per heavy atom. The predicted molar refractivity (Wildman–Crippen MR) is 198 cm³/mol. The maximum absolute atomic E-state index is 13.9. The number of hydrogen-bond acceptors (Lipinski definition) is 9. The van der Waals surface area contributed by atoms with E-state index >= 15 is 0 Å². The third-order valence-corrected chi connectivity index (χ3v) is 16.9. The molecule has 0 heterocycles. The smallest absolute Gasteiger partial charge is 0.306 e. The Morgan fingerprint density at radius 3 is 2.41 bits per heavy atom.